The quantitative estimate of drug-likeness (QED) is 0.756. The van der Waals surface area contributed by atoms with Gasteiger partial charge in [0.05, 0.1) is 0 Å². The van der Waals surface area contributed by atoms with Crippen molar-refractivity contribution in [3.05, 3.63) is 35.7 Å². The number of nitrogens with zero attached hydrogens (tertiary/aromatic N) is 3. The summed E-state index contributed by atoms with van der Waals surface area (Å²) >= 11 is 0. The van der Waals surface area contributed by atoms with Crippen molar-refractivity contribution in [2.75, 3.05) is 0 Å². The second kappa shape index (κ2) is 3.91. The number of hydrogen-bond donors (Lipinski definition) is 1. The number of aromatic nitrogens is 2. The number of para-hydroxylation sites is 1. The molecule has 0 saturated carbocycles. The van der Waals surface area contributed by atoms with Crippen LogP contribution in [0.1, 0.15) is 11.5 Å². The number of benzene rings is 1. The fraction of sp³-hybridized carbons (Fsp3) is 0.100. The van der Waals surface area contributed by atoms with Gasteiger partial charge in [-0.3, -0.25) is 0 Å². The van der Waals surface area contributed by atoms with Crippen LogP contribution in [0.5, 0.6) is 5.75 Å². The molecular weight excluding hydrogens is 194 g/mol. The standard InChI is InChI=1S/C10H9N3O2/c1-7-12-13-10(15-7)11-6-8-4-2-3-5-9(8)14/h2-6,14H,1H3/b11-6+. The van der Waals surface area contributed by atoms with E-state index < -0.39 is 0 Å². The van der Waals surface area contributed by atoms with Gasteiger partial charge in [-0.2, -0.15) is 0 Å². The Hall–Kier alpha value is -2.17. The monoisotopic (exact) mass is 203 g/mol. The first kappa shape index (κ1) is 9.39. The number of aryl methyl sites for hydroxylation is 1. The number of phenolic OH excluding ortho intramolecular Hbond substituents is 1. The second-order valence-corrected chi connectivity index (χ2v) is 2.92. The van der Waals surface area contributed by atoms with Crippen molar-refractivity contribution in [3.63, 3.8) is 0 Å². The lowest BCUT2D eigenvalue weighted by Gasteiger charge is -1.94. The van der Waals surface area contributed by atoms with Crippen LogP contribution in [0.25, 0.3) is 0 Å². The van der Waals surface area contributed by atoms with Crippen molar-refractivity contribution in [1.82, 2.24) is 10.2 Å². The van der Waals surface area contributed by atoms with E-state index in [4.69, 9.17) is 4.42 Å². The second-order valence-electron chi connectivity index (χ2n) is 2.92. The summed E-state index contributed by atoms with van der Waals surface area (Å²) in [6, 6.07) is 7.04. The molecule has 0 amide bonds. The van der Waals surface area contributed by atoms with E-state index in [0.717, 1.165) is 0 Å². The van der Waals surface area contributed by atoms with Crippen LogP contribution < -0.4 is 0 Å². The van der Waals surface area contributed by atoms with E-state index in [1.807, 2.05) is 0 Å². The van der Waals surface area contributed by atoms with Gasteiger partial charge in [-0.1, -0.05) is 17.2 Å². The Balaban J connectivity index is 2.22. The van der Waals surface area contributed by atoms with Crippen LogP contribution in [0.15, 0.2) is 33.7 Å². The zero-order valence-electron chi connectivity index (χ0n) is 8.08. The van der Waals surface area contributed by atoms with Gasteiger partial charge in [-0.05, 0) is 12.1 Å². The van der Waals surface area contributed by atoms with Gasteiger partial charge in [0.15, 0.2) is 0 Å². The third-order valence-electron chi connectivity index (χ3n) is 1.77. The van der Waals surface area contributed by atoms with Crippen LogP contribution in [0, 0.1) is 6.92 Å². The number of rotatable bonds is 2. The summed E-state index contributed by atoms with van der Waals surface area (Å²) < 4.78 is 5.04. The molecule has 15 heavy (non-hydrogen) atoms. The van der Waals surface area contributed by atoms with Crippen molar-refractivity contribution in [2.24, 2.45) is 4.99 Å². The van der Waals surface area contributed by atoms with Crippen LogP contribution >= 0.6 is 0 Å². The Labute approximate surface area is 86.1 Å². The largest absolute Gasteiger partial charge is 0.507 e. The topological polar surface area (TPSA) is 71.5 Å². The van der Waals surface area contributed by atoms with Gasteiger partial charge in [-0.25, -0.2) is 4.99 Å². The third-order valence-corrected chi connectivity index (χ3v) is 1.77. The smallest absolute Gasteiger partial charge is 0.342 e. The molecule has 0 fully saturated rings. The number of aliphatic imine (C=N–C) groups is 1. The van der Waals surface area contributed by atoms with Crippen LogP contribution in [-0.4, -0.2) is 21.5 Å². The van der Waals surface area contributed by atoms with Gasteiger partial charge in [0.25, 0.3) is 0 Å². The maximum Gasteiger partial charge on any atom is 0.342 e. The summed E-state index contributed by atoms with van der Waals surface area (Å²) in [7, 11) is 0. The Kier molecular flexibility index (Phi) is 2.45. The van der Waals surface area contributed by atoms with Crippen LogP contribution in [-0.2, 0) is 0 Å². The average Bonchev–Trinajstić information content (AvgIpc) is 2.63. The van der Waals surface area contributed by atoms with Crippen molar-refractivity contribution >= 4 is 12.2 Å². The lowest BCUT2D eigenvalue weighted by Crippen LogP contribution is -1.80. The van der Waals surface area contributed by atoms with E-state index >= 15 is 0 Å². The molecule has 1 N–H and O–H groups in total. The van der Waals surface area contributed by atoms with E-state index in [1.54, 1.807) is 31.2 Å². The fourth-order valence-corrected chi connectivity index (χ4v) is 1.06. The average molecular weight is 203 g/mol. The molecule has 0 aliphatic rings. The van der Waals surface area contributed by atoms with Crippen LogP contribution in [0.2, 0.25) is 0 Å². The highest BCUT2D eigenvalue weighted by molar-refractivity contribution is 5.84. The molecule has 0 aliphatic heterocycles. The lowest BCUT2D eigenvalue weighted by atomic mass is 10.2. The maximum absolute atomic E-state index is 9.44. The molecule has 76 valence electrons. The highest BCUT2D eigenvalue weighted by Crippen LogP contribution is 2.15. The minimum Gasteiger partial charge on any atom is -0.507 e. The van der Waals surface area contributed by atoms with Crippen LogP contribution in [0.4, 0.5) is 6.01 Å². The Morgan fingerprint density at radius 1 is 1.33 bits per heavy atom. The molecule has 2 rings (SSSR count). The molecule has 1 heterocycles. The first-order chi connectivity index (χ1) is 7.25. The molecule has 2 aromatic rings. The molecule has 1 aromatic carbocycles. The van der Waals surface area contributed by atoms with Gasteiger partial charge in [0.2, 0.25) is 5.89 Å². The Bertz CT molecular complexity index is 491. The molecule has 0 aliphatic carbocycles. The van der Waals surface area contributed by atoms with Gasteiger partial charge < -0.3 is 9.52 Å². The van der Waals surface area contributed by atoms with Crippen molar-refractivity contribution in [2.45, 2.75) is 6.92 Å². The predicted molar refractivity (Wildman–Crippen MR) is 54.4 cm³/mol. The van der Waals surface area contributed by atoms with E-state index in [1.165, 1.54) is 6.21 Å². The molecule has 5 nitrogen and oxygen atoms in total. The zero-order valence-corrected chi connectivity index (χ0v) is 8.08. The molecule has 0 spiro atoms. The number of hydrogen-bond acceptors (Lipinski definition) is 5. The molecule has 1 aromatic heterocycles. The fourth-order valence-electron chi connectivity index (χ4n) is 1.06. The first-order valence-corrected chi connectivity index (χ1v) is 4.38. The maximum atomic E-state index is 9.44. The molecular formula is C10H9N3O2. The summed E-state index contributed by atoms with van der Waals surface area (Å²) in [5.41, 5.74) is 0.605. The highest BCUT2D eigenvalue weighted by atomic mass is 16.4. The van der Waals surface area contributed by atoms with Gasteiger partial charge in [0.1, 0.15) is 5.75 Å². The van der Waals surface area contributed by atoms with Gasteiger partial charge in [-0.15, -0.1) is 5.10 Å². The SMILES string of the molecule is Cc1nnc(/N=C/c2ccccc2O)o1. The first-order valence-electron chi connectivity index (χ1n) is 4.38. The van der Waals surface area contributed by atoms with Crippen molar-refractivity contribution < 1.29 is 9.52 Å². The summed E-state index contributed by atoms with van der Waals surface area (Å²) in [4.78, 5) is 3.93. The summed E-state index contributed by atoms with van der Waals surface area (Å²) in [6.07, 6.45) is 1.47. The van der Waals surface area contributed by atoms with Crippen molar-refractivity contribution in [3.8, 4) is 5.75 Å². The summed E-state index contributed by atoms with van der Waals surface area (Å²) in [5, 5.41) is 16.8. The lowest BCUT2D eigenvalue weighted by molar-refractivity contribution is 0.474. The third kappa shape index (κ3) is 2.19. The van der Waals surface area contributed by atoms with Crippen LogP contribution in [0.3, 0.4) is 0 Å². The van der Waals surface area contributed by atoms with E-state index in [9.17, 15) is 5.11 Å². The summed E-state index contributed by atoms with van der Waals surface area (Å²) in [6.45, 7) is 1.69. The summed E-state index contributed by atoms with van der Waals surface area (Å²) in [5.74, 6) is 0.622. The van der Waals surface area contributed by atoms with E-state index in [0.29, 0.717) is 11.5 Å². The molecule has 5 heteroatoms. The zero-order chi connectivity index (χ0) is 10.7. The number of phenols is 1. The minimum atomic E-state index is 0.164. The molecule has 0 radical (unpaired) electrons. The molecule has 0 bridgehead atoms. The molecule has 0 saturated heterocycles. The Morgan fingerprint density at radius 2 is 2.13 bits per heavy atom. The molecule has 0 unspecified atom stereocenters. The van der Waals surface area contributed by atoms with E-state index in [2.05, 4.69) is 15.2 Å². The molecule has 0 atom stereocenters. The Morgan fingerprint density at radius 3 is 2.80 bits per heavy atom. The van der Waals surface area contributed by atoms with E-state index in [-0.39, 0.29) is 11.8 Å². The minimum absolute atomic E-state index is 0.164. The van der Waals surface area contributed by atoms with Crippen molar-refractivity contribution in [1.29, 1.82) is 0 Å². The number of aromatic hydroxyl groups is 1. The van der Waals surface area contributed by atoms with Gasteiger partial charge >= 0.3 is 6.01 Å². The predicted octanol–water partition coefficient (Wildman–Crippen LogP) is 1.83. The highest BCUT2D eigenvalue weighted by Gasteiger charge is 1.99. The van der Waals surface area contributed by atoms with Gasteiger partial charge in [0, 0.05) is 18.7 Å². The normalized spacial score (nSPS) is 11.0.